The minimum Gasteiger partial charge on any atom is -0.466 e. The maximum atomic E-state index is 12.5. The van der Waals surface area contributed by atoms with Crippen molar-refractivity contribution < 1.29 is 14.0 Å². The van der Waals surface area contributed by atoms with Crippen molar-refractivity contribution in [1.82, 2.24) is 9.80 Å². The van der Waals surface area contributed by atoms with Crippen molar-refractivity contribution in [2.45, 2.75) is 13.8 Å². The smallest absolute Gasteiger partial charge is 0.257 e. The third-order valence-electron chi connectivity index (χ3n) is 4.15. The Hall–Kier alpha value is -2.56. The van der Waals surface area contributed by atoms with Gasteiger partial charge in [-0.15, -0.1) is 0 Å². The largest absolute Gasteiger partial charge is 0.466 e. The van der Waals surface area contributed by atoms with Gasteiger partial charge in [-0.05, 0) is 32.0 Å². The zero-order valence-corrected chi connectivity index (χ0v) is 13.4. The van der Waals surface area contributed by atoms with Gasteiger partial charge in [-0.25, -0.2) is 0 Å². The van der Waals surface area contributed by atoms with Crippen LogP contribution in [0.1, 0.15) is 32.2 Å². The zero-order chi connectivity index (χ0) is 16.4. The molecule has 0 atom stereocenters. The second-order valence-electron chi connectivity index (χ2n) is 5.78. The van der Waals surface area contributed by atoms with Gasteiger partial charge in [0.1, 0.15) is 11.5 Å². The molecule has 0 saturated carbocycles. The fourth-order valence-electron chi connectivity index (χ4n) is 2.89. The summed E-state index contributed by atoms with van der Waals surface area (Å²) < 4.78 is 5.43. The van der Waals surface area contributed by atoms with Crippen LogP contribution in [0.3, 0.4) is 0 Å². The lowest BCUT2D eigenvalue weighted by Gasteiger charge is -2.34. The van der Waals surface area contributed by atoms with Crippen molar-refractivity contribution >= 4 is 11.8 Å². The van der Waals surface area contributed by atoms with Crippen LogP contribution in [0.15, 0.2) is 40.8 Å². The molecule has 3 rings (SSSR count). The van der Waals surface area contributed by atoms with E-state index in [0.29, 0.717) is 43.1 Å². The SMILES string of the molecule is Cc1cc(C(=O)N2CCN(C(=O)c3ccccc3)CC2)c(C)o1. The lowest BCUT2D eigenvalue weighted by Crippen LogP contribution is -2.50. The molecule has 1 saturated heterocycles. The van der Waals surface area contributed by atoms with Gasteiger partial charge in [-0.2, -0.15) is 0 Å². The first-order valence-electron chi connectivity index (χ1n) is 7.77. The summed E-state index contributed by atoms with van der Waals surface area (Å²) in [6, 6.07) is 11.0. The lowest BCUT2D eigenvalue weighted by molar-refractivity contribution is 0.0534. The summed E-state index contributed by atoms with van der Waals surface area (Å²) in [5.41, 5.74) is 1.30. The van der Waals surface area contributed by atoms with Gasteiger partial charge in [0.15, 0.2) is 0 Å². The highest BCUT2D eigenvalue weighted by atomic mass is 16.3. The highest BCUT2D eigenvalue weighted by Crippen LogP contribution is 2.17. The molecule has 1 aliphatic rings. The topological polar surface area (TPSA) is 53.8 Å². The summed E-state index contributed by atoms with van der Waals surface area (Å²) in [4.78, 5) is 28.5. The highest BCUT2D eigenvalue weighted by Gasteiger charge is 2.27. The maximum absolute atomic E-state index is 12.5. The fraction of sp³-hybridized carbons (Fsp3) is 0.333. The van der Waals surface area contributed by atoms with Crippen LogP contribution in [0.2, 0.25) is 0 Å². The number of aryl methyl sites for hydroxylation is 2. The fourth-order valence-corrected chi connectivity index (χ4v) is 2.89. The number of benzene rings is 1. The van der Waals surface area contributed by atoms with E-state index in [-0.39, 0.29) is 11.8 Å². The van der Waals surface area contributed by atoms with Crippen molar-refractivity contribution in [3.63, 3.8) is 0 Å². The summed E-state index contributed by atoms with van der Waals surface area (Å²) in [5, 5.41) is 0. The number of nitrogens with zero attached hydrogens (tertiary/aromatic N) is 2. The predicted octanol–water partition coefficient (Wildman–Crippen LogP) is 2.49. The number of carbonyl (C=O) groups excluding carboxylic acids is 2. The predicted molar refractivity (Wildman–Crippen MR) is 86.4 cm³/mol. The Kier molecular flexibility index (Phi) is 4.19. The quantitative estimate of drug-likeness (QED) is 0.856. The molecule has 0 spiro atoms. The van der Waals surface area contributed by atoms with E-state index in [2.05, 4.69) is 0 Å². The summed E-state index contributed by atoms with van der Waals surface area (Å²) in [6.07, 6.45) is 0. The summed E-state index contributed by atoms with van der Waals surface area (Å²) in [6.45, 7) is 5.82. The number of amides is 2. The molecule has 2 heterocycles. The van der Waals surface area contributed by atoms with E-state index >= 15 is 0 Å². The van der Waals surface area contributed by atoms with Gasteiger partial charge in [-0.3, -0.25) is 9.59 Å². The van der Waals surface area contributed by atoms with Crippen LogP contribution in [-0.4, -0.2) is 47.8 Å². The molecule has 0 radical (unpaired) electrons. The van der Waals surface area contributed by atoms with Gasteiger partial charge in [0.05, 0.1) is 5.56 Å². The molecule has 0 aliphatic carbocycles. The van der Waals surface area contributed by atoms with Crippen LogP contribution in [0.25, 0.3) is 0 Å². The van der Waals surface area contributed by atoms with Crippen LogP contribution in [0, 0.1) is 13.8 Å². The molecule has 23 heavy (non-hydrogen) atoms. The number of hydrogen-bond donors (Lipinski definition) is 0. The molecule has 5 nitrogen and oxygen atoms in total. The maximum Gasteiger partial charge on any atom is 0.257 e. The molecule has 2 aromatic rings. The van der Waals surface area contributed by atoms with E-state index < -0.39 is 0 Å². The molecule has 0 unspecified atom stereocenters. The first-order chi connectivity index (χ1) is 11.1. The molecule has 1 fully saturated rings. The molecular formula is C18H20N2O3. The van der Waals surface area contributed by atoms with Gasteiger partial charge in [0.2, 0.25) is 0 Å². The third kappa shape index (κ3) is 3.13. The molecule has 0 bridgehead atoms. The first kappa shape index (κ1) is 15.3. The van der Waals surface area contributed by atoms with Gasteiger partial charge in [0.25, 0.3) is 11.8 Å². The van der Waals surface area contributed by atoms with E-state index in [4.69, 9.17) is 4.42 Å². The summed E-state index contributed by atoms with van der Waals surface area (Å²) in [5.74, 6) is 1.39. The van der Waals surface area contributed by atoms with Crippen LogP contribution in [0.4, 0.5) is 0 Å². The van der Waals surface area contributed by atoms with Crippen molar-refractivity contribution in [1.29, 1.82) is 0 Å². The Morgan fingerprint density at radius 2 is 1.48 bits per heavy atom. The van der Waals surface area contributed by atoms with Crippen LogP contribution < -0.4 is 0 Å². The minimum atomic E-state index is -0.0221. The summed E-state index contributed by atoms with van der Waals surface area (Å²) in [7, 11) is 0. The average molecular weight is 312 g/mol. The number of carbonyl (C=O) groups is 2. The Morgan fingerprint density at radius 1 is 0.913 bits per heavy atom. The third-order valence-corrected chi connectivity index (χ3v) is 4.15. The average Bonchev–Trinajstić information content (AvgIpc) is 2.93. The molecule has 1 aromatic carbocycles. The van der Waals surface area contributed by atoms with Crippen LogP contribution in [0.5, 0.6) is 0 Å². The normalized spacial score (nSPS) is 14.9. The first-order valence-corrected chi connectivity index (χ1v) is 7.77. The van der Waals surface area contributed by atoms with E-state index in [1.165, 1.54) is 0 Å². The molecule has 0 N–H and O–H groups in total. The van der Waals surface area contributed by atoms with Crippen molar-refractivity contribution in [2.24, 2.45) is 0 Å². The Labute approximate surface area is 135 Å². The number of furan rings is 1. The van der Waals surface area contributed by atoms with Crippen molar-refractivity contribution in [3.8, 4) is 0 Å². The van der Waals surface area contributed by atoms with Crippen LogP contribution in [-0.2, 0) is 0 Å². The Balaban J connectivity index is 1.63. The second-order valence-corrected chi connectivity index (χ2v) is 5.78. The molecule has 1 aromatic heterocycles. The van der Waals surface area contributed by atoms with E-state index in [1.54, 1.807) is 22.8 Å². The molecule has 2 amide bonds. The van der Waals surface area contributed by atoms with Gasteiger partial charge in [0, 0.05) is 31.7 Å². The monoisotopic (exact) mass is 312 g/mol. The van der Waals surface area contributed by atoms with E-state index in [9.17, 15) is 9.59 Å². The van der Waals surface area contributed by atoms with E-state index in [0.717, 1.165) is 5.76 Å². The molecular weight excluding hydrogens is 292 g/mol. The molecule has 1 aliphatic heterocycles. The Morgan fingerprint density at radius 3 is 2.00 bits per heavy atom. The second kappa shape index (κ2) is 6.28. The van der Waals surface area contributed by atoms with Gasteiger partial charge in [-0.1, -0.05) is 18.2 Å². The van der Waals surface area contributed by atoms with Gasteiger partial charge >= 0.3 is 0 Å². The zero-order valence-electron chi connectivity index (χ0n) is 13.4. The standard InChI is InChI=1S/C18H20N2O3/c1-13-12-16(14(2)23-13)18(22)20-10-8-19(9-11-20)17(21)15-6-4-3-5-7-15/h3-7,12H,8-11H2,1-2H3. The van der Waals surface area contributed by atoms with Crippen LogP contribution >= 0.6 is 0 Å². The molecule has 5 heteroatoms. The molecule has 120 valence electrons. The summed E-state index contributed by atoms with van der Waals surface area (Å²) >= 11 is 0. The minimum absolute atomic E-state index is 0.0213. The van der Waals surface area contributed by atoms with E-state index in [1.807, 2.05) is 37.3 Å². The Bertz CT molecular complexity index is 713. The van der Waals surface area contributed by atoms with Gasteiger partial charge < -0.3 is 14.2 Å². The number of hydrogen-bond acceptors (Lipinski definition) is 3. The number of piperazine rings is 1. The number of rotatable bonds is 2. The van der Waals surface area contributed by atoms with Crippen molar-refractivity contribution in [3.05, 3.63) is 59.0 Å². The lowest BCUT2D eigenvalue weighted by atomic mass is 10.1. The highest BCUT2D eigenvalue weighted by molar-refractivity contribution is 5.96. The van der Waals surface area contributed by atoms with Crippen molar-refractivity contribution in [2.75, 3.05) is 26.2 Å².